The lowest BCUT2D eigenvalue weighted by molar-refractivity contribution is -0.339. The van der Waals surface area contributed by atoms with Gasteiger partial charge in [0, 0.05) is 43.1 Å². The van der Waals surface area contributed by atoms with Crippen molar-refractivity contribution in [2.24, 2.45) is 23.7 Å². The maximum Gasteiger partial charge on any atom is 0.332 e. The van der Waals surface area contributed by atoms with Crippen molar-refractivity contribution in [1.82, 2.24) is 31.5 Å². The quantitative estimate of drug-likeness (QED) is 0.101. The molecule has 2 aliphatic carbocycles. The van der Waals surface area contributed by atoms with Crippen molar-refractivity contribution in [3.63, 3.8) is 0 Å². The number of piperidine rings is 1. The maximum absolute atomic E-state index is 14.2. The molecule has 0 spiro atoms. The number of aryl methyl sites for hydroxylation is 1. The van der Waals surface area contributed by atoms with E-state index in [0.29, 0.717) is 38.8 Å². The van der Waals surface area contributed by atoms with Crippen LogP contribution in [0.15, 0.2) is 22.7 Å². The largest absolute Gasteiger partial charge is 0.479 e. The van der Waals surface area contributed by atoms with E-state index in [1.54, 1.807) is 6.92 Å². The van der Waals surface area contributed by atoms with Crippen LogP contribution in [0.2, 0.25) is 0 Å². The lowest BCUT2D eigenvalue weighted by atomic mass is 9.74. The van der Waals surface area contributed by atoms with Gasteiger partial charge in [-0.3, -0.25) is 9.69 Å². The van der Waals surface area contributed by atoms with Crippen molar-refractivity contribution in [3.05, 3.63) is 33.8 Å². The van der Waals surface area contributed by atoms with Crippen LogP contribution in [0, 0.1) is 23.7 Å². The Labute approximate surface area is 447 Å². The molecule has 20 heteroatoms. The summed E-state index contributed by atoms with van der Waals surface area (Å²) in [7, 11) is 0. The van der Waals surface area contributed by atoms with E-state index >= 15 is 0 Å². The molecule has 422 valence electrons. The molecule has 6 fully saturated rings. The Bertz CT molecular complexity index is 1820. The summed E-state index contributed by atoms with van der Waals surface area (Å²) < 4.78 is 33.7. The second kappa shape index (κ2) is 30.4. The zero-order chi connectivity index (χ0) is 52.6. The number of ether oxygens (including phenoxy) is 5. The predicted octanol–water partition coefficient (Wildman–Crippen LogP) is 2.15. The minimum Gasteiger partial charge on any atom is -0.479 e. The van der Waals surface area contributed by atoms with E-state index in [0.717, 1.165) is 128 Å². The molecule has 74 heavy (non-hydrogen) atoms. The minimum atomic E-state index is -1.57. The fourth-order valence-corrected chi connectivity index (χ4v) is 12.8. The number of nitrogens with one attached hydrogen (secondary N) is 5. The maximum atomic E-state index is 14.2. The van der Waals surface area contributed by atoms with Gasteiger partial charge in [0.15, 0.2) is 18.7 Å². The Morgan fingerprint density at radius 1 is 0.784 bits per heavy atom. The summed E-state index contributed by atoms with van der Waals surface area (Å²) in [5.41, 5.74) is 2.41. The van der Waals surface area contributed by atoms with Crippen LogP contribution in [0.1, 0.15) is 115 Å². The number of aliphatic carboxylic acids is 1. The molecule has 2 saturated carbocycles. The van der Waals surface area contributed by atoms with Crippen LogP contribution < -0.4 is 26.6 Å². The first-order chi connectivity index (χ1) is 35.8. The lowest BCUT2D eigenvalue weighted by Gasteiger charge is -2.49. The molecule has 4 aliphatic heterocycles. The number of carbonyl (C=O) groups is 2. The number of benzene rings is 1. The SMILES string of the molecule is CCC1CC(CCc2ccc(CN3CCCNCCNCCCNCC3)cc2Br)CC(OC2OC(CO)C(O)C(O[C@@H](CC3CCCCC3)C(=O)O)C2NC(=O)C2CCNCC2)C1OC1OC(C)C(O)C(O)C1O. The lowest BCUT2D eigenvalue weighted by Crippen LogP contribution is -2.68. The van der Waals surface area contributed by atoms with Crippen molar-refractivity contribution < 1.29 is 63.9 Å². The fourth-order valence-electron chi connectivity index (χ4n) is 12.2. The third-order valence-electron chi connectivity index (χ3n) is 16.7. The molecular formula is C54H91BrN6O13. The zero-order valence-corrected chi connectivity index (χ0v) is 45.6. The Morgan fingerprint density at radius 3 is 2.20 bits per heavy atom. The topological polar surface area (TPSA) is 265 Å². The number of carboxylic acids is 1. The van der Waals surface area contributed by atoms with Crippen LogP contribution in [0.3, 0.4) is 0 Å². The van der Waals surface area contributed by atoms with Gasteiger partial charge in [0.2, 0.25) is 5.91 Å². The van der Waals surface area contributed by atoms with Crippen LogP contribution in [0.5, 0.6) is 0 Å². The molecule has 0 radical (unpaired) electrons. The Balaban J connectivity index is 1.12. The third kappa shape index (κ3) is 17.0. The van der Waals surface area contributed by atoms with Gasteiger partial charge >= 0.3 is 5.97 Å². The molecule has 4 saturated heterocycles. The van der Waals surface area contributed by atoms with Crippen LogP contribution in [-0.2, 0) is 46.2 Å². The summed E-state index contributed by atoms with van der Waals surface area (Å²) in [5, 5.41) is 82.9. The van der Waals surface area contributed by atoms with Crippen LogP contribution >= 0.6 is 15.9 Å². The van der Waals surface area contributed by atoms with Gasteiger partial charge in [-0.2, -0.15) is 0 Å². The standard InChI is InChI=1S/C54H91BrN6O13/c1-3-37-27-35(11-13-38-14-12-36(28-40(38)55)31-61-25-8-19-57-23-22-56-17-7-18-58-24-26-61)30-41(49(37)74-54-48(66)47(65)45(63)33(2)70-54)72-53-44(60-51(67)39-15-20-59-21-16-39)50(46(64)43(32-62)73-53)71-42(52(68)69)29-34-9-5-4-6-10-34/h12,14,28,33-35,37,39,41-50,53-54,56-59,62-66H,3-11,13,15-27,29-32H2,1-2H3,(H,60,67)(H,68,69)/t33?,35?,37?,41?,42-,43?,44?,45?,46?,47?,48?,49?,50?,53?,54?/m0/s1. The molecule has 7 rings (SSSR count). The highest BCUT2D eigenvalue weighted by Crippen LogP contribution is 2.42. The monoisotopic (exact) mass is 1110 g/mol. The molecule has 6 aliphatic rings. The van der Waals surface area contributed by atoms with Crippen molar-refractivity contribution >= 4 is 27.8 Å². The van der Waals surface area contributed by atoms with E-state index in [1.807, 2.05) is 0 Å². The van der Waals surface area contributed by atoms with Crippen molar-refractivity contribution in [1.29, 1.82) is 0 Å². The highest BCUT2D eigenvalue weighted by atomic mass is 79.9. The van der Waals surface area contributed by atoms with Gasteiger partial charge in [0.05, 0.1) is 24.9 Å². The molecule has 11 N–H and O–H groups in total. The predicted molar refractivity (Wildman–Crippen MR) is 281 cm³/mol. The summed E-state index contributed by atoms with van der Waals surface area (Å²) in [6, 6.07) is 5.47. The molecule has 14 unspecified atom stereocenters. The molecule has 1 amide bonds. The summed E-state index contributed by atoms with van der Waals surface area (Å²) >= 11 is 3.93. The van der Waals surface area contributed by atoms with Gasteiger partial charge < -0.3 is 80.9 Å². The molecular weight excluding hydrogens is 1020 g/mol. The summed E-state index contributed by atoms with van der Waals surface area (Å²) in [5.74, 6) is -1.79. The molecule has 1 aromatic carbocycles. The number of aliphatic hydroxyl groups is 5. The summed E-state index contributed by atoms with van der Waals surface area (Å²) in [4.78, 5) is 29.7. The van der Waals surface area contributed by atoms with E-state index < -0.39 is 92.2 Å². The van der Waals surface area contributed by atoms with Crippen molar-refractivity contribution in [3.8, 4) is 0 Å². The number of hydrogen-bond donors (Lipinski definition) is 11. The van der Waals surface area contributed by atoms with E-state index in [2.05, 4.69) is 72.5 Å². The Hall–Kier alpha value is -1.96. The van der Waals surface area contributed by atoms with Gasteiger partial charge in [-0.1, -0.05) is 73.5 Å². The number of rotatable bonds is 18. The Morgan fingerprint density at radius 2 is 1.50 bits per heavy atom. The number of nitrogens with zero attached hydrogens (tertiary/aromatic N) is 1. The van der Waals surface area contributed by atoms with E-state index in [-0.39, 0.29) is 36.0 Å². The van der Waals surface area contributed by atoms with Gasteiger partial charge in [-0.15, -0.1) is 0 Å². The highest BCUT2D eigenvalue weighted by Gasteiger charge is 2.53. The average Bonchev–Trinajstić information content (AvgIpc) is 3.40. The molecule has 4 heterocycles. The molecule has 15 atom stereocenters. The minimum absolute atomic E-state index is 0.0946. The van der Waals surface area contributed by atoms with Crippen LogP contribution in [0.4, 0.5) is 0 Å². The molecule has 0 bridgehead atoms. The van der Waals surface area contributed by atoms with E-state index in [4.69, 9.17) is 23.7 Å². The van der Waals surface area contributed by atoms with E-state index in [9.17, 15) is 40.2 Å². The molecule has 1 aromatic rings. The second-order valence-corrected chi connectivity index (χ2v) is 23.0. The number of carbonyl (C=O) groups excluding carboxylic acids is 1. The Kier molecular flexibility index (Phi) is 24.5. The first-order valence-corrected chi connectivity index (χ1v) is 29.1. The smallest absolute Gasteiger partial charge is 0.332 e. The van der Waals surface area contributed by atoms with E-state index in [1.165, 1.54) is 11.1 Å². The van der Waals surface area contributed by atoms with Crippen LogP contribution in [-0.4, -0.2) is 199 Å². The number of amides is 1. The number of halogens is 1. The highest BCUT2D eigenvalue weighted by molar-refractivity contribution is 9.10. The van der Waals surface area contributed by atoms with Crippen molar-refractivity contribution in [2.45, 2.75) is 196 Å². The summed E-state index contributed by atoms with van der Waals surface area (Å²) in [6.07, 6.45) is -3.14. The first kappa shape index (κ1) is 59.7. The van der Waals surface area contributed by atoms with Gasteiger partial charge in [-0.25, -0.2) is 4.79 Å². The van der Waals surface area contributed by atoms with Gasteiger partial charge in [-0.05, 0) is 139 Å². The van der Waals surface area contributed by atoms with Gasteiger partial charge in [0.1, 0.15) is 42.7 Å². The average molecular weight is 1110 g/mol. The van der Waals surface area contributed by atoms with Gasteiger partial charge in [0.25, 0.3) is 0 Å². The van der Waals surface area contributed by atoms with Crippen molar-refractivity contribution in [2.75, 3.05) is 72.1 Å². The third-order valence-corrected chi connectivity index (χ3v) is 17.4. The number of carboxylic acid groups (broad SMARTS) is 1. The fraction of sp³-hybridized carbons (Fsp3) is 0.852. The number of aliphatic hydroxyl groups excluding tert-OH is 5. The second-order valence-electron chi connectivity index (χ2n) is 22.1. The van der Waals surface area contributed by atoms with Crippen LogP contribution in [0.25, 0.3) is 0 Å². The summed E-state index contributed by atoms with van der Waals surface area (Å²) in [6.45, 7) is 13.0. The zero-order valence-electron chi connectivity index (χ0n) is 44.0. The normalized spacial score (nSPS) is 35.6. The number of hydrogen-bond acceptors (Lipinski definition) is 17. The first-order valence-electron chi connectivity index (χ1n) is 28.3. The molecule has 0 aromatic heterocycles. The molecule has 19 nitrogen and oxygen atoms in total.